The van der Waals surface area contributed by atoms with Gasteiger partial charge in [-0.3, -0.25) is 4.79 Å². The van der Waals surface area contributed by atoms with Gasteiger partial charge < -0.3 is 10.8 Å². The molecule has 1 rings (SSSR count). The smallest absolute Gasteiger partial charge is 0.303 e. The topological polar surface area (TPSA) is 63.3 Å². The highest BCUT2D eigenvalue weighted by Crippen LogP contribution is 2.27. The Hall–Kier alpha value is -1.56. The third-order valence-corrected chi connectivity index (χ3v) is 2.61. The van der Waals surface area contributed by atoms with Crippen LogP contribution < -0.4 is 5.73 Å². The molecule has 1 aromatic carbocycles. The number of hydrogen-bond donors (Lipinski definition) is 2. The molecule has 3 N–H and O–H groups in total. The van der Waals surface area contributed by atoms with Gasteiger partial charge in [-0.15, -0.1) is 0 Å². The van der Waals surface area contributed by atoms with E-state index in [0.717, 1.165) is 12.1 Å². The molecule has 2 atom stereocenters. The van der Waals surface area contributed by atoms with Crippen LogP contribution in [0.4, 0.5) is 13.2 Å². The lowest BCUT2D eigenvalue weighted by Gasteiger charge is -2.14. The van der Waals surface area contributed by atoms with Crippen molar-refractivity contribution in [3.8, 4) is 0 Å². The molecule has 0 fully saturated rings. The summed E-state index contributed by atoms with van der Waals surface area (Å²) < 4.78 is 39.8. The van der Waals surface area contributed by atoms with Crippen LogP contribution >= 0.6 is 0 Å². The van der Waals surface area contributed by atoms with Gasteiger partial charge in [-0.1, -0.05) is 0 Å². The van der Waals surface area contributed by atoms with Crippen LogP contribution in [0.2, 0.25) is 0 Å². The van der Waals surface area contributed by atoms with Crippen LogP contribution in [0.5, 0.6) is 0 Å². The minimum atomic E-state index is -1.45. The Labute approximate surface area is 102 Å². The van der Waals surface area contributed by atoms with Gasteiger partial charge in [0, 0.05) is 18.0 Å². The van der Waals surface area contributed by atoms with E-state index in [1.165, 1.54) is 6.92 Å². The molecular formula is C12H14F3NO2. The molecule has 6 heteroatoms. The average molecular weight is 261 g/mol. The summed E-state index contributed by atoms with van der Waals surface area (Å²) in [5.74, 6) is -3.42. The van der Waals surface area contributed by atoms with E-state index in [2.05, 4.69) is 0 Å². The number of hydrogen-bond acceptors (Lipinski definition) is 2. The van der Waals surface area contributed by atoms with Crippen molar-refractivity contribution in [2.24, 2.45) is 5.73 Å². The molecule has 0 heterocycles. The molecule has 2 unspecified atom stereocenters. The van der Waals surface area contributed by atoms with Crippen molar-refractivity contribution in [1.29, 1.82) is 0 Å². The first-order chi connectivity index (χ1) is 8.32. The van der Waals surface area contributed by atoms with E-state index < -0.39 is 29.8 Å². The largest absolute Gasteiger partial charge is 0.481 e. The molecule has 0 saturated carbocycles. The number of benzene rings is 1. The van der Waals surface area contributed by atoms with Crippen molar-refractivity contribution in [2.75, 3.05) is 0 Å². The van der Waals surface area contributed by atoms with Crippen LogP contribution in [0.3, 0.4) is 0 Å². The normalized spacial score (nSPS) is 14.3. The fourth-order valence-corrected chi connectivity index (χ4v) is 1.57. The van der Waals surface area contributed by atoms with Crippen LogP contribution in [0, 0.1) is 11.6 Å². The SMILES string of the molecule is CC(F)c1cc(F)c(F)c(C(N)CCC(=O)O)c1. The highest BCUT2D eigenvalue weighted by molar-refractivity contribution is 5.66. The molecule has 0 aliphatic rings. The number of alkyl halides is 1. The molecule has 0 radical (unpaired) electrons. The van der Waals surface area contributed by atoms with E-state index in [9.17, 15) is 18.0 Å². The Balaban J connectivity index is 3.02. The fraction of sp³-hybridized carbons (Fsp3) is 0.417. The van der Waals surface area contributed by atoms with Crippen LogP contribution in [0.25, 0.3) is 0 Å². The molecule has 0 aliphatic carbocycles. The summed E-state index contributed by atoms with van der Waals surface area (Å²) in [4.78, 5) is 10.4. The van der Waals surface area contributed by atoms with Crippen LogP contribution in [-0.4, -0.2) is 11.1 Å². The summed E-state index contributed by atoms with van der Waals surface area (Å²) in [5.41, 5.74) is 5.37. The maximum atomic E-state index is 13.5. The second-order valence-corrected chi connectivity index (χ2v) is 4.06. The summed E-state index contributed by atoms with van der Waals surface area (Å²) >= 11 is 0. The van der Waals surface area contributed by atoms with Crippen molar-refractivity contribution in [3.63, 3.8) is 0 Å². The second kappa shape index (κ2) is 5.86. The molecule has 0 amide bonds. The first-order valence-corrected chi connectivity index (χ1v) is 5.43. The molecule has 1 aromatic rings. The van der Waals surface area contributed by atoms with Gasteiger partial charge >= 0.3 is 5.97 Å². The first kappa shape index (κ1) is 14.5. The number of nitrogens with two attached hydrogens (primary N) is 1. The molecule has 0 aromatic heterocycles. The number of carboxylic acids is 1. The Morgan fingerprint density at radius 2 is 2.06 bits per heavy atom. The van der Waals surface area contributed by atoms with E-state index in [4.69, 9.17) is 10.8 Å². The third-order valence-electron chi connectivity index (χ3n) is 2.61. The Morgan fingerprint density at radius 1 is 1.44 bits per heavy atom. The molecule has 3 nitrogen and oxygen atoms in total. The second-order valence-electron chi connectivity index (χ2n) is 4.06. The summed E-state index contributed by atoms with van der Waals surface area (Å²) in [6.45, 7) is 1.19. The van der Waals surface area contributed by atoms with Gasteiger partial charge in [0.25, 0.3) is 0 Å². The van der Waals surface area contributed by atoms with E-state index >= 15 is 0 Å². The van der Waals surface area contributed by atoms with Gasteiger partial charge in [0.1, 0.15) is 6.17 Å². The number of carboxylic acid groups (broad SMARTS) is 1. The summed E-state index contributed by atoms with van der Waals surface area (Å²) in [6, 6.07) is 0.928. The van der Waals surface area contributed by atoms with Crippen LogP contribution in [0.1, 0.15) is 43.1 Å². The van der Waals surface area contributed by atoms with E-state index in [1.807, 2.05) is 0 Å². The third kappa shape index (κ3) is 3.46. The molecule has 100 valence electrons. The highest BCUT2D eigenvalue weighted by Gasteiger charge is 2.19. The number of carbonyl (C=O) groups is 1. The molecule has 0 saturated heterocycles. The van der Waals surface area contributed by atoms with Crippen LogP contribution in [-0.2, 0) is 4.79 Å². The maximum Gasteiger partial charge on any atom is 0.303 e. The minimum Gasteiger partial charge on any atom is -0.481 e. The van der Waals surface area contributed by atoms with E-state index in [1.54, 1.807) is 0 Å². The highest BCUT2D eigenvalue weighted by atomic mass is 19.2. The van der Waals surface area contributed by atoms with Gasteiger partial charge in [-0.2, -0.15) is 0 Å². The summed E-state index contributed by atoms with van der Waals surface area (Å²) in [6.07, 6.45) is -1.77. The van der Waals surface area contributed by atoms with E-state index in [-0.39, 0.29) is 24.0 Å². The lowest BCUT2D eigenvalue weighted by atomic mass is 9.98. The van der Waals surface area contributed by atoms with Crippen LogP contribution in [0.15, 0.2) is 12.1 Å². The summed E-state index contributed by atoms with van der Waals surface area (Å²) in [7, 11) is 0. The Bertz CT molecular complexity index is 449. The number of aliphatic carboxylic acids is 1. The molecule has 0 spiro atoms. The number of halogens is 3. The predicted octanol–water partition coefficient (Wildman–Crippen LogP) is 2.86. The van der Waals surface area contributed by atoms with Crippen molar-refractivity contribution in [2.45, 2.75) is 32.0 Å². The maximum absolute atomic E-state index is 13.5. The average Bonchev–Trinajstić information content (AvgIpc) is 2.29. The zero-order chi connectivity index (χ0) is 13.9. The van der Waals surface area contributed by atoms with Gasteiger partial charge in [0.05, 0.1) is 0 Å². The molecular weight excluding hydrogens is 247 g/mol. The lowest BCUT2D eigenvalue weighted by molar-refractivity contribution is -0.137. The van der Waals surface area contributed by atoms with Gasteiger partial charge in [0.15, 0.2) is 11.6 Å². The standard InChI is InChI=1S/C12H14F3NO2/c1-6(13)7-4-8(12(15)9(14)5-7)10(16)2-3-11(17)18/h4-6,10H,2-3,16H2,1H3,(H,17,18). The zero-order valence-corrected chi connectivity index (χ0v) is 9.79. The molecule has 0 aliphatic heterocycles. The van der Waals surface area contributed by atoms with E-state index in [0.29, 0.717) is 0 Å². The first-order valence-electron chi connectivity index (χ1n) is 5.43. The van der Waals surface area contributed by atoms with Gasteiger partial charge in [-0.25, -0.2) is 13.2 Å². The summed E-state index contributed by atoms with van der Waals surface area (Å²) in [5, 5.41) is 8.49. The Morgan fingerprint density at radius 3 is 2.56 bits per heavy atom. The number of rotatable bonds is 5. The van der Waals surface area contributed by atoms with Crippen molar-refractivity contribution in [3.05, 3.63) is 34.9 Å². The Kier molecular flexibility index (Phi) is 4.72. The fourth-order valence-electron chi connectivity index (χ4n) is 1.57. The molecule has 0 bridgehead atoms. The van der Waals surface area contributed by atoms with Crippen molar-refractivity contribution >= 4 is 5.97 Å². The molecule has 18 heavy (non-hydrogen) atoms. The quantitative estimate of drug-likeness (QED) is 0.856. The van der Waals surface area contributed by atoms with Crippen molar-refractivity contribution < 1.29 is 23.1 Å². The predicted molar refractivity (Wildman–Crippen MR) is 59.7 cm³/mol. The van der Waals surface area contributed by atoms with Gasteiger partial charge in [-0.05, 0) is 31.0 Å². The monoisotopic (exact) mass is 261 g/mol. The van der Waals surface area contributed by atoms with Gasteiger partial charge in [0.2, 0.25) is 0 Å². The zero-order valence-electron chi connectivity index (χ0n) is 9.79. The lowest BCUT2D eigenvalue weighted by Crippen LogP contribution is -2.15. The minimum absolute atomic E-state index is 0.0188. The van der Waals surface area contributed by atoms with Crippen molar-refractivity contribution in [1.82, 2.24) is 0 Å².